The van der Waals surface area contributed by atoms with Crippen LogP contribution in [0.1, 0.15) is 17.0 Å². The normalized spacial score (nSPS) is 10.6. The average molecular weight is 324 g/mol. The van der Waals surface area contributed by atoms with Gasteiger partial charge >= 0.3 is 5.97 Å². The second-order valence-corrected chi connectivity index (χ2v) is 5.31. The molecule has 0 fully saturated rings. The van der Waals surface area contributed by atoms with E-state index in [2.05, 4.69) is 9.72 Å². The van der Waals surface area contributed by atoms with Gasteiger partial charge in [0, 0.05) is 24.4 Å². The summed E-state index contributed by atoms with van der Waals surface area (Å²) in [6, 6.07) is 15.4. The highest BCUT2D eigenvalue weighted by atomic mass is 16.5. The van der Waals surface area contributed by atoms with Crippen LogP contribution in [-0.2, 0) is 27.4 Å². The smallest absolute Gasteiger partial charge is 0.330 e. The summed E-state index contributed by atoms with van der Waals surface area (Å²) in [4.78, 5) is 29.7. The van der Waals surface area contributed by atoms with Gasteiger partial charge in [0.1, 0.15) is 0 Å². The minimum absolute atomic E-state index is 0.271. The lowest BCUT2D eigenvalue weighted by Crippen LogP contribution is -2.29. The molecule has 0 spiro atoms. The Bertz CT molecular complexity index is 726. The molecule has 24 heavy (non-hydrogen) atoms. The Hall–Kier alpha value is -2.95. The Morgan fingerprint density at radius 1 is 1.04 bits per heavy atom. The Morgan fingerprint density at radius 2 is 1.79 bits per heavy atom. The highest BCUT2D eigenvalue weighted by Crippen LogP contribution is 2.10. The van der Waals surface area contributed by atoms with E-state index in [1.807, 2.05) is 55.5 Å². The lowest BCUT2D eigenvalue weighted by atomic mass is 10.2. The number of carbonyl (C=O) groups excluding carboxylic acids is 2. The summed E-state index contributed by atoms with van der Waals surface area (Å²) >= 11 is 0. The first-order valence-corrected chi connectivity index (χ1v) is 7.60. The topological polar surface area (TPSA) is 59.5 Å². The molecule has 124 valence electrons. The second-order valence-electron chi connectivity index (χ2n) is 5.31. The fraction of sp³-hybridized carbons (Fsp3) is 0.211. The number of amides is 1. The van der Waals surface area contributed by atoms with Crippen molar-refractivity contribution in [3.8, 4) is 0 Å². The maximum Gasteiger partial charge on any atom is 0.330 e. The molecule has 0 aliphatic rings. The van der Waals surface area contributed by atoms with Gasteiger partial charge in [-0.1, -0.05) is 36.4 Å². The molecule has 1 amide bonds. The number of benzene rings is 1. The van der Waals surface area contributed by atoms with Crippen LogP contribution in [0.2, 0.25) is 0 Å². The molecular weight excluding hydrogens is 304 g/mol. The molecule has 0 bridgehead atoms. The zero-order valence-corrected chi connectivity index (χ0v) is 13.8. The average Bonchev–Trinajstić information content (AvgIpc) is 2.59. The summed E-state index contributed by atoms with van der Waals surface area (Å²) in [5.41, 5.74) is 2.69. The monoisotopic (exact) mass is 324 g/mol. The lowest BCUT2D eigenvalue weighted by Gasteiger charge is -2.21. The third kappa shape index (κ3) is 5.35. The molecule has 1 aromatic heterocycles. The first-order valence-electron chi connectivity index (χ1n) is 7.60. The highest BCUT2D eigenvalue weighted by Gasteiger charge is 2.13. The Balaban J connectivity index is 2.18. The SMILES string of the molecule is COC(=O)/C=C/C(=O)N(Cc1ccccc1)Cc1cccc(C)n1. The number of ether oxygens (including phenoxy) is 1. The second kappa shape index (κ2) is 8.62. The molecular formula is C19H20N2O3. The Morgan fingerprint density at radius 3 is 2.46 bits per heavy atom. The quantitative estimate of drug-likeness (QED) is 0.605. The van der Waals surface area contributed by atoms with Crippen molar-refractivity contribution < 1.29 is 14.3 Å². The van der Waals surface area contributed by atoms with Gasteiger partial charge in [0.25, 0.3) is 0 Å². The van der Waals surface area contributed by atoms with Gasteiger partial charge in [0.2, 0.25) is 5.91 Å². The number of hydrogen-bond donors (Lipinski definition) is 0. The summed E-state index contributed by atoms with van der Waals surface area (Å²) in [5, 5.41) is 0. The molecule has 0 N–H and O–H groups in total. The van der Waals surface area contributed by atoms with Gasteiger partial charge in [-0.2, -0.15) is 0 Å². The zero-order valence-electron chi connectivity index (χ0n) is 13.8. The molecule has 2 rings (SSSR count). The molecule has 0 radical (unpaired) electrons. The summed E-state index contributed by atoms with van der Waals surface area (Å²) < 4.78 is 4.52. The molecule has 5 heteroatoms. The molecule has 0 unspecified atom stereocenters. The van der Waals surface area contributed by atoms with Crippen molar-refractivity contribution in [3.05, 3.63) is 77.6 Å². The van der Waals surface area contributed by atoms with E-state index in [1.165, 1.54) is 13.2 Å². The van der Waals surface area contributed by atoms with E-state index >= 15 is 0 Å². The van der Waals surface area contributed by atoms with Crippen molar-refractivity contribution >= 4 is 11.9 Å². The van der Waals surface area contributed by atoms with Crippen LogP contribution in [0.3, 0.4) is 0 Å². The van der Waals surface area contributed by atoms with Crippen molar-refractivity contribution in [3.63, 3.8) is 0 Å². The number of aryl methyl sites for hydroxylation is 1. The van der Waals surface area contributed by atoms with E-state index in [4.69, 9.17) is 0 Å². The maximum atomic E-state index is 12.5. The standard InChI is InChI=1S/C19H20N2O3/c1-15-7-6-10-17(20-15)14-21(13-16-8-4-3-5-9-16)18(22)11-12-19(23)24-2/h3-12H,13-14H2,1-2H3/b12-11+. The Kier molecular flexibility index (Phi) is 6.25. The van der Waals surface area contributed by atoms with Gasteiger partial charge < -0.3 is 9.64 Å². The van der Waals surface area contributed by atoms with Crippen LogP contribution < -0.4 is 0 Å². The third-order valence-electron chi connectivity index (χ3n) is 3.39. The zero-order chi connectivity index (χ0) is 17.4. The van der Waals surface area contributed by atoms with Crippen molar-refractivity contribution in [1.29, 1.82) is 0 Å². The number of hydrogen-bond acceptors (Lipinski definition) is 4. The maximum absolute atomic E-state index is 12.5. The minimum Gasteiger partial charge on any atom is -0.466 e. The Labute approximate surface area is 141 Å². The van der Waals surface area contributed by atoms with Crippen molar-refractivity contribution in [1.82, 2.24) is 9.88 Å². The van der Waals surface area contributed by atoms with E-state index < -0.39 is 5.97 Å². The minimum atomic E-state index is -0.559. The fourth-order valence-electron chi connectivity index (χ4n) is 2.21. The fourth-order valence-corrected chi connectivity index (χ4v) is 2.21. The molecule has 0 aliphatic heterocycles. The number of carbonyl (C=O) groups is 2. The van der Waals surface area contributed by atoms with Crippen molar-refractivity contribution in [2.24, 2.45) is 0 Å². The van der Waals surface area contributed by atoms with Gasteiger partial charge in [-0.25, -0.2) is 4.79 Å². The van der Waals surface area contributed by atoms with E-state index in [9.17, 15) is 9.59 Å². The van der Waals surface area contributed by atoms with Crippen LogP contribution in [0.25, 0.3) is 0 Å². The predicted octanol–water partition coefficient (Wildman–Crippen LogP) is 2.65. The summed E-state index contributed by atoms with van der Waals surface area (Å²) in [7, 11) is 1.27. The van der Waals surface area contributed by atoms with Crippen molar-refractivity contribution in [2.45, 2.75) is 20.0 Å². The van der Waals surface area contributed by atoms with Gasteiger partial charge in [0.15, 0.2) is 0 Å². The van der Waals surface area contributed by atoms with E-state index in [1.54, 1.807) is 4.90 Å². The number of esters is 1. The van der Waals surface area contributed by atoms with Crippen LogP contribution in [0.4, 0.5) is 0 Å². The number of rotatable bonds is 6. The molecule has 5 nitrogen and oxygen atoms in total. The van der Waals surface area contributed by atoms with Crippen LogP contribution in [0.15, 0.2) is 60.7 Å². The predicted molar refractivity (Wildman–Crippen MR) is 90.8 cm³/mol. The lowest BCUT2D eigenvalue weighted by molar-refractivity contribution is -0.135. The first kappa shape index (κ1) is 17.4. The number of aromatic nitrogens is 1. The summed E-state index contributed by atoms with van der Waals surface area (Å²) in [6.45, 7) is 2.70. The van der Waals surface area contributed by atoms with E-state index in [0.29, 0.717) is 13.1 Å². The van der Waals surface area contributed by atoms with Gasteiger partial charge in [0.05, 0.1) is 19.3 Å². The molecule has 1 aromatic carbocycles. The first-order chi connectivity index (χ1) is 11.6. The molecule has 2 aromatic rings. The van der Waals surface area contributed by atoms with Crippen molar-refractivity contribution in [2.75, 3.05) is 7.11 Å². The number of nitrogens with zero attached hydrogens (tertiary/aromatic N) is 2. The molecule has 0 aliphatic carbocycles. The van der Waals surface area contributed by atoms with Gasteiger partial charge in [-0.05, 0) is 24.6 Å². The highest BCUT2D eigenvalue weighted by molar-refractivity contribution is 5.94. The third-order valence-corrected chi connectivity index (χ3v) is 3.39. The molecule has 1 heterocycles. The number of pyridine rings is 1. The molecule has 0 saturated heterocycles. The number of methoxy groups -OCH3 is 1. The van der Waals surface area contributed by atoms with E-state index in [0.717, 1.165) is 23.0 Å². The molecule has 0 atom stereocenters. The van der Waals surface area contributed by atoms with Crippen LogP contribution >= 0.6 is 0 Å². The van der Waals surface area contributed by atoms with Crippen LogP contribution in [0, 0.1) is 6.92 Å². The van der Waals surface area contributed by atoms with Crippen LogP contribution in [0.5, 0.6) is 0 Å². The summed E-state index contributed by atoms with van der Waals surface area (Å²) in [5.74, 6) is -0.829. The van der Waals surface area contributed by atoms with Gasteiger partial charge in [-0.3, -0.25) is 9.78 Å². The molecule has 0 saturated carbocycles. The van der Waals surface area contributed by atoms with Gasteiger partial charge in [-0.15, -0.1) is 0 Å². The largest absolute Gasteiger partial charge is 0.466 e. The summed E-state index contributed by atoms with van der Waals surface area (Å²) in [6.07, 6.45) is 2.36. The van der Waals surface area contributed by atoms with E-state index in [-0.39, 0.29) is 5.91 Å². The van der Waals surface area contributed by atoms with Crippen LogP contribution in [-0.4, -0.2) is 28.9 Å².